The maximum Gasteiger partial charge on any atom is 0.136 e. The van der Waals surface area contributed by atoms with Crippen LogP contribution in [0.2, 0.25) is 0 Å². The summed E-state index contributed by atoms with van der Waals surface area (Å²) in [5.41, 5.74) is 0. The van der Waals surface area contributed by atoms with Gasteiger partial charge in [-0.05, 0) is 6.92 Å². The van der Waals surface area contributed by atoms with Crippen molar-refractivity contribution in [2.45, 2.75) is 13.8 Å². The maximum atomic E-state index is 10.6. The van der Waals surface area contributed by atoms with Gasteiger partial charge in [-0.2, -0.15) is 0 Å². The quantitative estimate of drug-likeness (QED) is 0.525. The fourth-order valence-electron chi connectivity index (χ4n) is 0.381. The minimum Gasteiger partial charge on any atom is -0.299 e. The molecule has 0 aromatic rings. The number of Topliss-reactive ketones (excluding diaryl/α,β-unsaturated/α-hetero) is 1. The van der Waals surface area contributed by atoms with Crippen LogP contribution in [0.3, 0.4) is 0 Å². The van der Waals surface area contributed by atoms with Crippen LogP contribution in [0.15, 0.2) is 24.8 Å². The van der Waals surface area contributed by atoms with Gasteiger partial charge in [0.15, 0.2) is 0 Å². The van der Waals surface area contributed by atoms with E-state index in [1.54, 1.807) is 19.1 Å². The summed E-state index contributed by atoms with van der Waals surface area (Å²) >= 11 is 0. The predicted octanol–water partition coefficient (Wildman–Crippen LogP) is 1.95. The van der Waals surface area contributed by atoms with Gasteiger partial charge in [0.25, 0.3) is 0 Å². The first-order valence-electron chi connectivity index (χ1n) is 2.98. The summed E-state index contributed by atoms with van der Waals surface area (Å²) < 4.78 is 0. The van der Waals surface area contributed by atoms with E-state index in [0.29, 0.717) is 0 Å². The summed E-state index contributed by atoms with van der Waals surface area (Å²) in [5.74, 6) is 0.219. The van der Waals surface area contributed by atoms with Crippen molar-refractivity contribution in [1.82, 2.24) is 0 Å². The van der Waals surface area contributed by atoms with Crippen molar-refractivity contribution < 1.29 is 4.79 Å². The zero-order valence-electron chi connectivity index (χ0n) is 5.92. The predicted molar refractivity (Wildman–Crippen MR) is 39.2 cm³/mol. The van der Waals surface area contributed by atoms with Crippen LogP contribution in [0.4, 0.5) is 0 Å². The van der Waals surface area contributed by atoms with Gasteiger partial charge in [0, 0.05) is 5.92 Å². The Labute approximate surface area is 56.1 Å². The summed E-state index contributed by atoms with van der Waals surface area (Å²) in [6, 6.07) is 0. The maximum absolute atomic E-state index is 10.6. The molecule has 0 saturated heterocycles. The van der Waals surface area contributed by atoms with Crippen LogP contribution in [-0.4, -0.2) is 5.78 Å². The van der Waals surface area contributed by atoms with Crippen molar-refractivity contribution in [2.24, 2.45) is 5.92 Å². The lowest BCUT2D eigenvalue weighted by Crippen LogP contribution is -2.01. The normalized spacial score (nSPS) is 13.6. The van der Waals surface area contributed by atoms with Crippen molar-refractivity contribution in [3.8, 4) is 0 Å². The van der Waals surface area contributed by atoms with Crippen LogP contribution in [0.1, 0.15) is 13.8 Å². The second kappa shape index (κ2) is 4.07. The molecule has 0 heterocycles. The monoisotopic (exact) mass is 124 g/mol. The van der Waals surface area contributed by atoms with E-state index in [9.17, 15) is 4.79 Å². The Morgan fingerprint density at radius 3 is 2.56 bits per heavy atom. The van der Waals surface area contributed by atoms with Crippen LogP contribution in [-0.2, 0) is 4.79 Å². The van der Waals surface area contributed by atoms with Crippen LogP contribution in [0, 0.1) is 5.92 Å². The highest BCUT2D eigenvalue weighted by Crippen LogP contribution is 1.97. The number of carbonyl (C=O) groups excluding carboxylic acids is 1. The second-order valence-corrected chi connectivity index (χ2v) is 2.02. The molecule has 0 spiro atoms. The fourth-order valence-corrected chi connectivity index (χ4v) is 0.381. The van der Waals surface area contributed by atoms with Crippen molar-refractivity contribution in [3.63, 3.8) is 0 Å². The van der Waals surface area contributed by atoms with Gasteiger partial charge in [-0.15, -0.1) is 0 Å². The van der Waals surface area contributed by atoms with Crippen molar-refractivity contribution >= 4 is 5.78 Å². The topological polar surface area (TPSA) is 17.1 Å². The van der Waals surface area contributed by atoms with E-state index in [2.05, 4.69) is 6.58 Å². The Morgan fingerprint density at radius 2 is 2.22 bits per heavy atom. The molecule has 0 N–H and O–H groups in total. The van der Waals surface area contributed by atoms with Gasteiger partial charge in [0.1, 0.15) is 5.78 Å². The zero-order chi connectivity index (χ0) is 7.28. The highest BCUT2D eigenvalue weighted by atomic mass is 16.1. The molecule has 0 aliphatic rings. The largest absolute Gasteiger partial charge is 0.299 e. The number of allylic oxidation sites excluding steroid dienone is 3. The van der Waals surface area contributed by atoms with Crippen LogP contribution in [0.25, 0.3) is 0 Å². The Morgan fingerprint density at radius 1 is 1.67 bits per heavy atom. The molecule has 0 fully saturated rings. The molecule has 0 aliphatic heterocycles. The lowest BCUT2D eigenvalue weighted by molar-refractivity contribution is -0.118. The summed E-state index contributed by atoms with van der Waals surface area (Å²) in [7, 11) is 0. The molecule has 1 unspecified atom stereocenters. The molecule has 0 bridgehead atoms. The molecule has 0 saturated carbocycles. The number of hydrogen-bond acceptors (Lipinski definition) is 1. The highest BCUT2D eigenvalue weighted by Gasteiger charge is 1.99. The molecular formula is C8H12O. The molecular weight excluding hydrogens is 112 g/mol. The third-order valence-corrected chi connectivity index (χ3v) is 1.18. The third-order valence-electron chi connectivity index (χ3n) is 1.18. The SMILES string of the molecule is C=C/C=C/C(C)C(C)=O. The average Bonchev–Trinajstić information content (AvgIpc) is 1.82. The molecule has 0 radical (unpaired) electrons. The average molecular weight is 124 g/mol. The Balaban J connectivity index is 3.75. The van der Waals surface area contributed by atoms with Gasteiger partial charge >= 0.3 is 0 Å². The van der Waals surface area contributed by atoms with E-state index >= 15 is 0 Å². The first kappa shape index (κ1) is 8.15. The number of ketones is 1. The minimum atomic E-state index is 0.0306. The molecule has 0 aromatic heterocycles. The first-order chi connectivity index (χ1) is 4.18. The summed E-state index contributed by atoms with van der Waals surface area (Å²) in [6.07, 6.45) is 5.28. The van der Waals surface area contributed by atoms with Crippen molar-refractivity contribution in [2.75, 3.05) is 0 Å². The number of rotatable bonds is 3. The van der Waals surface area contributed by atoms with E-state index in [1.807, 2.05) is 13.0 Å². The van der Waals surface area contributed by atoms with Gasteiger partial charge in [-0.3, -0.25) is 4.79 Å². The summed E-state index contributed by atoms with van der Waals surface area (Å²) in [6.45, 7) is 6.94. The van der Waals surface area contributed by atoms with Gasteiger partial charge in [0.2, 0.25) is 0 Å². The molecule has 1 heteroatoms. The van der Waals surface area contributed by atoms with Gasteiger partial charge in [0.05, 0.1) is 0 Å². The minimum absolute atomic E-state index is 0.0306. The van der Waals surface area contributed by atoms with Crippen LogP contribution >= 0.6 is 0 Å². The molecule has 0 aliphatic carbocycles. The first-order valence-corrected chi connectivity index (χ1v) is 2.98. The Bertz CT molecular complexity index is 134. The molecule has 1 nitrogen and oxygen atoms in total. The van der Waals surface area contributed by atoms with Crippen molar-refractivity contribution in [3.05, 3.63) is 24.8 Å². The smallest absolute Gasteiger partial charge is 0.136 e. The number of carbonyl (C=O) groups is 1. The molecule has 0 amide bonds. The molecule has 0 rings (SSSR count). The standard InChI is InChI=1S/C8H12O/c1-4-5-6-7(2)8(3)9/h4-7H,1H2,2-3H3/b6-5+. The zero-order valence-corrected chi connectivity index (χ0v) is 5.92. The van der Waals surface area contributed by atoms with E-state index in [1.165, 1.54) is 0 Å². The molecule has 9 heavy (non-hydrogen) atoms. The lowest BCUT2D eigenvalue weighted by atomic mass is 10.1. The highest BCUT2D eigenvalue weighted by molar-refractivity contribution is 5.79. The van der Waals surface area contributed by atoms with Gasteiger partial charge in [-0.1, -0.05) is 31.7 Å². The molecule has 1 atom stereocenters. The third kappa shape index (κ3) is 3.71. The van der Waals surface area contributed by atoms with E-state index < -0.39 is 0 Å². The summed E-state index contributed by atoms with van der Waals surface area (Å²) in [5, 5.41) is 0. The fraction of sp³-hybridized carbons (Fsp3) is 0.375. The van der Waals surface area contributed by atoms with E-state index in [0.717, 1.165) is 0 Å². The van der Waals surface area contributed by atoms with Gasteiger partial charge in [-0.25, -0.2) is 0 Å². The number of hydrogen-bond donors (Lipinski definition) is 0. The van der Waals surface area contributed by atoms with E-state index in [4.69, 9.17) is 0 Å². The van der Waals surface area contributed by atoms with Crippen LogP contribution in [0.5, 0.6) is 0 Å². The van der Waals surface area contributed by atoms with Crippen LogP contribution < -0.4 is 0 Å². The van der Waals surface area contributed by atoms with Gasteiger partial charge < -0.3 is 0 Å². The molecule has 50 valence electrons. The lowest BCUT2D eigenvalue weighted by Gasteiger charge is -1.95. The Hall–Kier alpha value is -0.850. The van der Waals surface area contributed by atoms with Crippen molar-refractivity contribution in [1.29, 1.82) is 0 Å². The second-order valence-electron chi connectivity index (χ2n) is 2.02. The Kier molecular flexibility index (Phi) is 3.69. The molecule has 0 aromatic carbocycles. The van der Waals surface area contributed by atoms with E-state index in [-0.39, 0.29) is 11.7 Å². The summed E-state index contributed by atoms with van der Waals surface area (Å²) in [4.78, 5) is 10.6.